The molecule has 3 heteroatoms. The first-order valence-corrected chi connectivity index (χ1v) is 8.75. The van der Waals surface area contributed by atoms with Crippen molar-refractivity contribution >= 4 is 5.57 Å². The number of aryl methyl sites for hydroxylation is 1. The predicted molar refractivity (Wildman–Crippen MR) is 95.2 cm³/mol. The quantitative estimate of drug-likeness (QED) is 0.807. The van der Waals surface area contributed by atoms with Crippen LogP contribution in [0.15, 0.2) is 55.0 Å². The van der Waals surface area contributed by atoms with E-state index in [2.05, 4.69) is 52.0 Å². The number of fused-ring (bicyclic) bond motifs is 1. The van der Waals surface area contributed by atoms with Crippen molar-refractivity contribution in [1.82, 2.24) is 9.55 Å². The molecule has 1 aromatic heterocycles. The summed E-state index contributed by atoms with van der Waals surface area (Å²) < 4.78 is 2.36. The van der Waals surface area contributed by atoms with Crippen LogP contribution in [-0.2, 0) is 6.42 Å². The lowest BCUT2D eigenvalue weighted by Crippen LogP contribution is -2.12. The third-order valence-corrected chi connectivity index (χ3v) is 5.14. The summed E-state index contributed by atoms with van der Waals surface area (Å²) in [6.45, 7) is 0. The fourth-order valence-corrected chi connectivity index (χ4v) is 3.86. The van der Waals surface area contributed by atoms with Crippen LogP contribution in [0.3, 0.4) is 0 Å². The van der Waals surface area contributed by atoms with E-state index in [1.807, 2.05) is 18.6 Å². The van der Waals surface area contributed by atoms with Crippen molar-refractivity contribution in [3.05, 3.63) is 71.8 Å². The molecule has 2 aliphatic rings. The van der Waals surface area contributed by atoms with Crippen LogP contribution in [0.4, 0.5) is 0 Å². The first-order chi connectivity index (χ1) is 11.9. The number of imidazole rings is 1. The summed E-state index contributed by atoms with van der Waals surface area (Å²) >= 11 is 0. The minimum atomic E-state index is 0.0130. The molecule has 120 valence electrons. The molecule has 2 atom stereocenters. The lowest BCUT2D eigenvalue weighted by molar-refractivity contribution is 0.535. The summed E-state index contributed by atoms with van der Waals surface area (Å²) in [6, 6.07) is 11.4. The first kappa shape index (κ1) is 15.0. The molecule has 4 rings (SSSR count). The van der Waals surface area contributed by atoms with Gasteiger partial charge in [-0.1, -0.05) is 48.9 Å². The van der Waals surface area contributed by atoms with Crippen LogP contribution in [0.25, 0.3) is 5.57 Å². The summed E-state index contributed by atoms with van der Waals surface area (Å²) in [5, 5.41) is 9.08. The van der Waals surface area contributed by atoms with Crippen LogP contribution in [0, 0.1) is 17.2 Å². The topological polar surface area (TPSA) is 41.6 Å². The number of hydrogen-bond donors (Lipinski definition) is 0. The number of nitrogens with zero attached hydrogens (tertiary/aromatic N) is 3. The van der Waals surface area contributed by atoms with Crippen LogP contribution in [-0.4, -0.2) is 9.55 Å². The minimum absolute atomic E-state index is 0.0130. The zero-order valence-corrected chi connectivity index (χ0v) is 13.7. The second kappa shape index (κ2) is 6.49. The molecule has 0 fully saturated rings. The summed E-state index contributed by atoms with van der Waals surface area (Å²) in [5.74, 6) is 0.0130. The summed E-state index contributed by atoms with van der Waals surface area (Å²) in [6.07, 6.45) is 15.9. The highest BCUT2D eigenvalue weighted by Gasteiger charge is 2.23. The molecule has 1 aliphatic carbocycles. The van der Waals surface area contributed by atoms with E-state index in [0.717, 1.165) is 19.3 Å². The molecule has 0 saturated carbocycles. The number of allylic oxidation sites excluding steroid dienone is 4. The fourth-order valence-electron chi connectivity index (χ4n) is 3.86. The Kier molecular flexibility index (Phi) is 4.04. The molecule has 24 heavy (non-hydrogen) atoms. The van der Waals surface area contributed by atoms with Gasteiger partial charge < -0.3 is 4.57 Å². The molecule has 3 nitrogen and oxygen atoms in total. The van der Waals surface area contributed by atoms with Crippen LogP contribution < -0.4 is 0 Å². The number of rotatable bonds is 2. The second-order valence-electron chi connectivity index (χ2n) is 6.63. The Hall–Kier alpha value is -2.60. The number of nitriles is 1. The van der Waals surface area contributed by atoms with E-state index < -0.39 is 0 Å². The molecule has 0 saturated heterocycles. The van der Waals surface area contributed by atoms with E-state index in [1.165, 1.54) is 35.2 Å². The fraction of sp³-hybridized carbons (Fsp3) is 0.333. The third-order valence-electron chi connectivity index (χ3n) is 5.14. The third kappa shape index (κ3) is 2.69. The predicted octanol–water partition coefficient (Wildman–Crippen LogP) is 4.68. The maximum Gasteiger partial charge on any atom is 0.0953 e. The molecule has 1 aliphatic heterocycles. The second-order valence-corrected chi connectivity index (χ2v) is 6.63. The number of hydrogen-bond acceptors (Lipinski definition) is 2. The normalized spacial score (nSPS) is 23.0. The molecule has 2 heterocycles. The van der Waals surface area contributed by atoms with Gasteiger partial charge in [0.25, 0.3) is 0 Å². The van der Waals surface area contributed by atoms with E-state index in [4.69, 9.17) is 5.26 Å². The molecular weight excluding hydrogens is 294 g/mol. The molecule has 2 aromatic rings. The van der Waals surface area contributed by atoms with Gasteiger partial charge in [-0.25, -0.2) is 4.98 Å². The van der Waals surface area contributed by atoms with Gasteiger partial charge in [-0.05, 0) is 42.4 Å². The van der Waals surface area contributed by atoms with Crippen molar-refractivity contribution in [3.8, 4) is 6.07 Å². The molecule has 0 N–H and O–H groups in total. The van der Waals surface area contributed by atoms with E-state index in [0.29, 0.717) is 6.04 Å². The molecule has 1 aromatic carbocycles. The van der Waals surface area contributed by atoms with Crippen LogP contribution in [0.2, 0.25) is 0 Å². The Morgan fingerprint density at radius 3 is 2.96 bits per heavy atom. The Morgan fingerprint density at radius 2 is 2.12 bits per heavy atom. The van der Waals surface area contributed by atoms with Crippen molar-refractivity contribution in [1.29, 1.82) is 5.26 Å². The maximum absolute atomic E-state index is 9.08. The molecule has 0 radical (unpaired) electrons. The van der Waals surface area contributed by atoms with Crippen molar-refractivity contribution in [2.75, 3.05) is 0 Å². The first-order valence-electron chi connectivity index (χ1n) is 8.75. The van der Waals surface area contributed by atoms with Gasteiger partial charge in [0.15, 0.2) is 0 Å². The van der Waals surface area contributed by atoms with Gasteiger partial charge in [0, 0.05) is 11.9 Å². The molecular formula is C21H21N3. The Balaban J connectivity index is 1.75. The molecule has 0 bridgehead atoms. The van der Waals surface area contributed by atoms with Gasteiger partial charge in [-0.2, -0.15) is 5.26 Å². The number of benzene rings is 1. The summed E-state index contributed by atoms with van der Waals surface area (Å²) in [4.78, 5) is 4.38. The monoisotopic (exact) mass is 315 g/mol. The van der Waals surface area contributed by atoms with E-state index in [-0.39, 0.29) is 5.92 Å². The highest BCUT2D eigenvalue weighted by Crippen LogP contribution is 2.35. The van der Waals surface area contributed by atoms with Crippen molar-refractivity contribution in [3.63, 3.8) is 0 Å². The standard InChI is InChI=1S/C21H21N3/c22-13-16-9-11-17(12-10-16)19-6-2-3-7-20(19)21-8-4-1-5-18-14-23-15-24(18)21/h2-3,6-7,9,11-12,14-16,21H,1,4-5,8,10H2. The smallest absolute Gasteiger partial charge is 0.0953 e. The van der Waals surface area contributed by atoms with Crippen molar-refractivity contribution in [2.24, 2.45) is 5.92 Å². The SMILES string of the molecule is N#CC1C=CC(c2ccccc2C2CCCCc3cncn32)=CC1. The van der Waals surface area contributed by atoms with Gasteiger partial charge >= 0.3 is 0 Å². The Labute approximate surface area is 143 Å². The summed E-state index contributed by atoms with van der Waals surface area (Å²) in [5.41, 5.74) is 5.23. The lowest BCUT2D eigenvalue weighted by Gasteiger charge is -2.23. The van der Waals surface area contributed by atoms with Gasteiger partial charge in [0.1, 0.15) is 0 Å². The van der Waals surface area contributed by atoms with Crippen LogP contribution in [0.1, 0.15) is 48.5 Å². The Morgan fingerprint density at radius 1 is 1.21 bits per heavy atom. The zero-order valence-electron chi connectivity index (χ0n) is 13.7. The van der Waals surface area contributed by atoms with E-state index in [9.17, 15) is 0 Å². The molecule has 0 spiro atoms. The van der Waals surface area contributed by atoms with Gasteiger partial charge in [-0.15, -0.1) is 0 Å². The van der Waals surface area contributed by atoms with Gasteiger partial charge in [0.2, 0.25) is 0 Å². The van der Waals surface area contributed by atoms with Crippen molar-refractivity contribution in [2.45, 2.75) is 38.1 Å². The van der Waals surface area contributed by atoms with Crippen molar-refractivity contribution < 1.29 is 0 Å². The minimum Gasteiger partial charge on any atom is -0.327 e. The van der Waals surface area contributed by atoms with Gasteiger partial charge in [0.05, 0.1) is 24.4 Å². The van der Waals surface area contributed by atoms with Gasteiger partial charge in [-0.3, -0.25) is 0 Å². The highest BCUT2D eigenvalue weighted by molar-refractivity contribution is 5.77. The van der Waals surface area contributed by atoms with E-state index >= 15 is 0 Å². The van der Waals surface area contributed by atoms with E-state index in [1.54, 1.807) is 0 Å². The van der Waals surface area contributed by atoms with Crippen LogP contribution in [0.5, 0.6) is 0 Å². The molecule has 2 unspecified atom stereocenters. The Bertz CT molecular complexity index is 835. The average Bonchev–Trinajstić information content (AvgIpc) is 3.01. The largest absolute Gasteiger partial charge is 0.327 e. The highest BCUT2D eigenvalue weighted by atomic mass is 15.1. The lowest BCUT2D eigenvalue weighted by atomic mass is 9.88. The average molecular weight is 315 g/mol. The zero-order chi connectivity index (χ0) is 16.4. The maximum atomic E-state index is 9.08. The molecule has 0 amide bonds. The number of aromatic nitrogens is 2. The summed E-state index contributed by atoms with van der Waals surface area (Å²) in [7, 11) is 0. The van der Waals surface area contributed by atoms with Crippen LogP contribution >= 0.6 is 0 Å².